The lowest BCUT2D eigenvalue weighted by atomic mass is 9.93. The van der Waals surface area contributed by atoms with E-state index in [-0.39, 0.29) is 12.1 Å². The maximum atomic E-state index is 12.9. The number of imidazole rings is 1. The summed E-state index contributed by atoms with van der Waals surface area (Å²) in [6, 6.07) is 5.24. The Morgan fingerprint density at radius 2 is 2.00 bits per heavy atom. The van der Waals surface area contributed by atoms with Crippen LogP contribution in [0.4, 0.5) is 5.95 Å². The second-order valence-corrected chi connectivity index (χ2v) is 9.17. The third-order valence-electron chi connectivity index (χ3n) is 4.68. The minimum atomic E-state index is -3.61. The van der Waals surface area contributed by atoms with Gasteiger partial charge in [0, 0.05) is 12.3 Å². The number of fused-ring (bicyclic) bond motifs is 1. The highest BCUT2D eigenvalue weighted by Gasteiger charge is 2.28. The fourth-order valence-electron chi connectivity index (χ4n) is 3.12. The molecule has 0 atom stereocenters. The van der Waals surface area contributed by atoms with Gasteiger partial charge in [0.15, 0.2) is 0 Å². The van der Waals surface area contributed by atoms with E-state index in [1.165, 1.54) is 10.2 Å². The zero-order valence-corrected chi connectivity index (χ0v) is 15.3. The summed E-state index contributed by atoms with van der Waals surface area (Å²) in [6.07, 6.45) is 3.87. The zero-order valence-electron chi connectivity index (χ0n) is 14.4. The molecule has 25 heavy (non-hydrogen) atoms. The Kier molecular flexibility index (Phi) is 4.83. The van der Waals surface area contributed by atoms with E-state index < -0.39 is 15.3 Å². The van der Waals surface area contributed by atoms with Crippen molar-refractivity contribution in [3.8, 4) is 0 Å². The molecule has 0 amide bonds. The number of aliphatic hydroxyl groups is 1. The van der Waals surface area contributed by atoms with Gasteiger partial charge in [-0.15, -0.1) is 0 Å². The molecule has 0 spiro atoms. The normalized spacial score (nSPS) is 21.6. The Labute approximate surface area is 147 Å². The fraction of sp³-hybridized carbons (Fsp3) is 0.529. The quantitative estimate of drug-likeness (QED) is 0.706. The van der Waals surface area contributed by atoms with Gasteiger partial charge in [0.1, 0.15) is 0 Å². The van der Waals surface area contributed by atoms with E-state index in [0.717, 1.165) is 12.8 Å². The van der Waals surface area contributed by atoms with Crippen LogP contribution in [0.15, 0.2) is 18.2 Å². The summed E-state index contributed by atoms with van der Waals surface area (Å²) in [5.41, 5.74) is 1.68. The molecule has 3 rings (SSSR count). The number of rotatable bonds is 5. The first-order valence-corrected chi connectivity index (χ1v) is 10.0. The molecule has 1 aliphatic carbocycles. The highest BCUT2D eigenvalue weighted by Crippen LogP contribution is 2.28. The van der Waals surface area contributed by atoms with Crippen molar-refractivity contribution in [2.24, 2.45) is 0 Å². The Hall–Kier alpha value is -1.93. The van der Waals surface area contributed by atoms with Crippen LogP contribution in [0.25, 0.3) is 11.0 Å². The molecule has 1 saturated carbocycles. The number of nitrogens with zero attached hydrogens (tertiary/aromatic N) is 2. The van der Waals surface area contributed by atoms with Gasteiger partial charge in [0.05, 0.1) is 22.4 Å². The summed E-state index contributed by atoms with van der Waals surface area (Å²) in [5, 5.41) is 19.7. The van der Waals surface area contributed by atoms with E-state index in [9.17, 15) is 13.5 Å². The maximum Gasteiger partial charge on any atom is 0.244 e. The molecule has 7 nitrogen and oxygen atoms in total. The van der Waals surface area contributed by atoms with Gasteiger partial charge in [-0.05, 0) is 57.2 Å². The molecule has 0 aliphatic heterocycles. The van der Waals surface area contributed by atoms with Crippen LogP contribution in [0.2, 0.25) is 0 Å². The monoisotopic (exact) mass is 364 g/mol. The third-order valence-corrected chi connectivity index (χ3v) is 6.75. The second-order valence-electron chi connectivity index (χ2n) is 6.84. The number of hydrogen-bond acceptors (Lipinski definition) is 6. The molecule has 1 aliphatic rings. The van der Waals surface area contributed by atoms with Crippen LogP contribution in [0.1, 0.15) is 45.1 Å². The van der Waals surface area contributed by atoms with Crippen molar-refractivity contribution in [1.29, 1.82) is 5.41 Å². The highest BCUT2D eigenvalue weighted by molar-refractivity contribution is 7.90. The molecular formula is C17H24N4O3S. The van der Waals surface area contributed by atoms with Crippen LogP contribution in [0.3, 0.4) is 0 Å². The molecule has 136 valence electrons. The Morgan fingerprint density at radius 3 is 2.60 bits per heavy atom. The van der Waals surface area contributed by atoms with Gasteiger partial charge in [0.2, 0.25) is 16.0 Å². The van der Waals surface area contributed by atoms with Gasteiger partial charge in [-0.1, -0.05) is 6.07 Å². The molecule has 0 bridgehead atoms. The second kappa shape index (κ2) is 6.76. The van der Waals surface area contributed by atoms with Gasteiger partial charge in [-0.3, -0.25) is 0 Å². The smallest absolute Gasteiger partial charge is 0.244 e. The average molecular weight is 364 g/mol. The number of aliphatic hydroxyl groups excluding tert-OH is 1. The van der Waals surface area contributed by atoms with Crippen LogP contribution in [0, 0.1) is 5.41 Å². The molecule has 8 heteroatoms. The molecule has 2 aromatic rings. The average Bonchev–Trinajstić information content (AvgIpc) is 2.94. The lowest BCUT2D eigenvalue weighted by Crippen LogP contribution is -2.31. The SMILES string of the molecule is CC(C)S(=O)(=O)n1c(N[C@H]2CC[C@H](O)CC2)nc2ccc(C=N)cc21. The minimum Gasteiger partial charge on any atom is -0.393 e. The highest BCUT2D eigenvalue weighted by atomic mass is 32.2. The number of nitrogens with one attached hydrogen (secondary N) is 2. The molecule has 1 aromatic carbocycles. The summed E-state index contributed by atoms with van der Waals surface area (Å²) in [4.78, 5) is 4.48. The van der Waals surface area contributed by atoms with Gasteiger partial charge < -0.3 is 15.8 Å². The first kappa shape index (κ1) is 17.9. The van der Waals surface area contributed by atoms with Crippen molar-refractivity contribution in [3.05, 3.63) is 23.8 Å². The lowest BCUT2D eigenvalue weighted by molar-refractivity contribution is 0.126. The molecule has 3 N–H and O–H groups in total. The summed E-state index contributed by atoms with van der Waals surface area (Å²) >= 11 is 0. The molecule has 1 aromatic heterocycles. The number of benzene rings is 1. The predicted molar refractivity (Wildman–Crippen MR) is 99.0 cm³/mol. The van der Waals surface area contributed by atoms with Crippen molar-refractivity contribution in [3.63, 3.8) is 0 Å². The van der Waals surface area contributed by atoms with Crippen LogP contribution < -0.4 is 5.32 Å². The molecule has 0 saturated heterocycles. The van der Waals surface area contributed by atoms with Gasteiger partial charge >= 0.3 is 0 Å². The zero-order chi connectivity index (χ0) is 18.2. The van der Waals surface area contributed by atoms with Gasteiger partial charge in [0.25, 0.3) is 0 Å². The van der Waals surface area contributed by atoms with Crippen LogP contribution in [-0.2, 0) is 10.0 Å². The van der Waals surface area contributed by atoms with E-state index >= 15 is 0 Å². The number of anilines is 1. The third kappa shape index (κ3) is 3.41. The Morgan fingerprint density at radius 1 is 1.32 bits per heavy atom. The Balaban J connectivity index is 2.09. The first-order chi connectivity index (χ1) is 11.8. The summed E-state index contributed by atoms with van der Waals surface area (Å²) in [5.74, 6) is 0.312. The van der Waals surface area contributed by atoms with Crippen molar-refractivity contribution in [2.45, 2.75) is 56.9 Å². The largest absolute Gasteiger partial charge is 0.393 e. The minimum absolute atomic E-state index is 0.0866. The summed E-state index contributed by atoms with van der Waals surface area (Å²) < 4.78 is 27.1. The number of aromatic nitrogens is 2. The van der Waals surface area contributed by atoms with E-state index in [2.05, 4.69) is 10.3 Å². The summed E-state index contributed by atoms with van der Waals surface area (Å²) in [7, 11) is -3.61. The van der Waals surface area contributed by atoms with Crippen molar-refractivity contribution >= 4 is 33.2 Å². The predicted octanol–water partition coefficient (Wildman–Crippen LogP) is 2.34. The molecule has 0 unspecified atom stereocenters. The molecule has 0 radical (unpaired) electrons. The topological polar surface area (TPSA) is 108 Å². The Bertz CT molecular complexity index is 881. The van der Waals surface area contributed by atoms with Crippen LogP contribution in [-0.4, -0.2) is 46.1 Å². The van der Waals surface area contributed by atoms with E-state index in [1.807, 2.05) is 0 Å². The molecule has 1 heterocycles. The van der Waals surface area contributed by atoms with E-state index in [1.54, 1.807) is 32.0 Å². The van der Waals surface area contributed by atoms with Crippen molar-refractivity contribution in [2.75, 3.05) is 5.32 Å². The van der Waals surface area contributed by atoms with E-state index in [4.69, 9.17) is 5.41 Å². The van der Waals surface area contributed by atoms with Crippen LogP contribution in [0.5, 0.6) is 0 Å². The van der Waals surface area contributed by atoms with Crippen LogP contribution >= 0.6 is 0 Å². The molecular weight excluding hydrogens is 340 g/mol. The maximum absolute atomic E-state index is 12.9. The standard InChI is InChI=1S/C17H24N4O3S/c1-11(2)25(23,24)21-16-9-12(10-18)3-8-15(16)20-17(21)19-13-4-6-14(22)7-5-13/h3,8-11,13-14,18,22H,4-7H2,1-2H3,(H,19,20)/t13-,14-. The lowest BCUT2D eigenvalue weighted by Gasteiger charge is -2.27. The first-order valence-electron chi connectivity index (χ1n) is 8.55. The fourth-order valence-corrected chi connectivity index (χ4v) is 4.30. The molecule has 1 fully saturated rings. The van der Waals surface area contributed by atoms with Crippen molar-refractivity contribution < 1.29 is 13.5 Å². The van der Waals surface area contributed by atoms with E-state index in [0.29, 0.717) is 35.4 Å². The number of hydrogen-bond donors (Lipinski definition) is 3. The van der Waals surface area contributed by atoms with Crippen molar-refractivity contribution in [1.82, 2.24) is 8.96 Å². The van der Waals surface area contributed by atoms with Gasteiger partial charge in [-0.2, -0.15) is 0 Å². The summed E-state index contributed by atoms with van der Waals surface area (Å²) in [6.45, 7) is 3.28. The van der Waals surface area contributed by atoms with Gasteiger partial charge in [-0.25, -0.2) is 17.4 Å².